The van der Waals surface area contributed by atoms with Gasteiger partial charge in [0.1, 0.15) is 6.04 Å². The van der Waals surface area contributed by atoms with Crippen molar-refractivity contribution < 1.29 is 14.4 Å². The van der Waals surface area contributed by atoms with Gasteiger partial charge in [-0.3, -0.25) is 19.4 Å². The van der Waals surface area contributed by atoms with Gasteiger partial charge in [-0.05, 0) is 48.2 Å². The van der Waals surface area contributed by atoms with Crippen LogP contribution in [0.5, 0.6) is 0 Å². The summed E-state index contributed by atoms with van der Waals surface area (Å²) < 4.78 is 0. The number of anilines is 1. The Hall–Kier alpha value is -4.26. The van der Waals surface area contributed by atoms with Crippen LogP contribution in [-0.4, -0.2) is 40.2 Å². The van der Waals surface area contributed by atoms with Crippen LogP contribution in [0.1, 0.15) is 54.2 Å². The summed E-state index contributed by atoms with van der Waals surface area (Å²) in [6, 6.07) is 19.4. The van der Waals surface area contributed by atoms with E-state index in [1.54, 1.807) is 36.7 Å². The molecule has 1 aromatic heterocycles. The normalized spacial score (nSPS) is 16.4. The molecule has 0 radical (unpaired) electrons. The second-order valence-electron chi connectivity index (χ2n) is 9.59. The fraction of sp³-hybridized carbons (Fsp3) is 0.290. The molecule has 3 aromatic rings. The molecule has 3 amide bonds. The average molecular weight is 511 g/mol. The Morgan fingerprint density at radius 1 is 1.03 bits per heavy atom. The number of amides is 3. The van der Waals surface area contributed by atoms with Crippen molar-refractivity contribution in [3.8, 4) is 0 Å². The number of carbonyl (C=O) groups excluding carboxylic acids is 3. The van der Waals surface area contributed by atoms with Crippen LogP contribution in [0.4, 0.5) is 5.69 Å². The van der Waals surface area contributed by atoms with Gasteiger partial charge in [-0.15, -0.1) is 0 Å². The summed E-state index contributed by atoms with van der Waals surface area (Å²) in [5.41, 5.74) is 2.83. The maximum Gasteiger partial charge on any atom is 0.252 e. The molecule has 1 aliphatic rings. The molecule has 0 saturated heterocycles. The predicted molar refractivity (Wildman–Crippen MR) is 148 cm³/mol. The van der Waals surface area contributed by atoms with Crippen LogP contribution >= 0.6 is 0 Å². The molecule has 38 heavy (non-hydrogen) atoms. The Morgan fingerprint density at radius 2 is 1.84 bits per heavy atom. The highest BCUT2D eigenvalue weighted by Gasteiger charge is 2.32. The summed E-state index contributed by atoms with van der Waals surface area (Å²) >= 11 is 0. The van der Waals surface area contributed by atoms with Gasteiger partial charge in [0.05, 0.1) is 6.04 Å². The van der Waals surface area contributed by atoms with E-state index < -0.39 is 6.04 Å². The lowest BCUT2D eigenvalue weighted by Gasteiger charge is -2.36. The molecule has 1 aliphatic heterocycles. The summed E-state index contributed by atoms with van der Waals surface area (Å²) in [6.45, 7) is 4.27. The Balaban J connectivity index is 1.57. The van der Waals surface area contributed by atoms with Gasteiger partial charge in [0.15, 0.2) is 0 Å². The molecule has 2 aromatic carbocycles. The van der Waals surface area contributed by atoms with Crippen molar-refractivity contribution in [1.82, 2.24) is 15.2 Å². The first kappa shape index (κ1) is 26.8. The van der Waals surface area contributed by atoms with Gasteiger partial charge in [0, 0.05) is 42.5 Å². The third kappa shape index (κ3) is 6.73. The fourth-order valence-corrected chi connectivity index (χ4v) is 4.48. The molecule has 1 unspecified atom stereocenters. The molecule has 7 heteroatoms. The molecule has 0 saturated carbocycles. The van der Waals surface area contributed by atoms with Crippen molar-refractivity contribution in [3.63, 3.8) is 0 Å². The smallest absolute Gasteiger partial charge is 0.252 e. The zero-order chi connectivity index (χ0) is 26.9. The van der Waals surface area contributed by atoms with Crippen LogP contribution in [0.2, 0.25) is 0 Å². The highest BCUT2D eigenvalue weighted by molar-refractivity contribution is 5.99. The van der Waals surface area contributed by atoms with Crippen molar-refractivity contribution in [2.75, 3.05) is 11.9 Å². The van der Waals surface area contributed by atoms with Crippen LogP contribution in [0.25, 0.3) is 0 Å². The molecule has 0 spiro atoms. The van der Waals surface area contributed by atoms with Gasteiger partial charge >= 0.3 is 0 Å². The Morgan fingerprint density at radius 3 is 2.58 bits per heavy atom. The number of aromatic nitrogens is 1. The lowest BCUT2D eigenvalue weighted by Crippen LogP contribution is -2.51. The average Bonchev–Trinajstić information content (AvgIpc) is 2.97. The van der Waals surface area contributed by atoms with Gasteiger partial charge in [0.25, 0.3) is 5.91 Å². The molecule has 2 N–H and O–H groups in total. The predicted octanol–water partition coefficient (Wildman–Crippen LogP) is 4.94. The molecule has 0 bridgehead atoms. The lowest BCUT2D eigenvalue weighted by molar-refractivity contribution is -0.135. The number of pyridine rings is 1. The van der Waals surface area contributed by atoms with Crippen LogP contribution in [0.15, 0.2) is 91.3 Å². The summed E-state index contributed by atoms with van der Waals surface area (Å²) in [7, 11) is 0. The maximum atomic E-state index is 14.0. The topological polar surface area (TPSA) is 91.4 Å². The summed E-state index contributed by atoms with van der Waals surface area (Å²) in [5, 5.41) is 5.85. The largest absolute Gasteiger partial charge is 0.340 e. The molecule has 0 fully saturated rings. The van der Waals surface area contributed by atoms with Crippen LogP contribution < -0.4 is 10.6 Å². The van der Waals surface area contributed by atoms with E-state index in [9.17, 15) is 14.4 Å². The third-order valence-electron chi connectivity index (χ3n) is 6.89. The highest BCUT2D eigenvalue weighted by Crippen LogP contribution is 2.28. The van der Waals surface area contributed by atoms with E-state index in [0.717, 1.165) is 17.5 Å². The minimum atomic E-state index is -0.770. The van der Waals surface area contributed by atoms with Crippen LogP contribution in [0, 0.1) is 5.92 Å². The summed E-state index contributed by atoms with van der Waals surface area (Å²) in [6.07, 6.45) is 9.32. The van der Waals surface area contributed by atoms with Gasteiger partial charge in [-0.2, -0.15) is 0 Å². The van der Waals surface area contributed by atoms with Gasteiger partial charge < -0.3 is 15.5 Å². The standard InChI is InChI=1S/C31H34N4O3/c1-3-22(2)29(36)33-26-15-9-13-24(20-26)30(37)34-27(19-23-11-5-4-6-12-23)31(38)35-18-8-7-16-28(35)25-14-10-17-32-21-25/h4-15,17,20-22,27-28H,3,16,18-19H2,1-2H3,(H,33,36)(H,34,37)/t22-,27-,28?/m0/s1. The summed E-state index contributed by atoms with van der Waals surface area (Å²) in [4.78, 5) is 45.8. The summed E-state index contributed by atoms with van der Waals surface area (Å²) in [5.74, 6) is -0.750. The second kappa shape index (κ2) is 12.8. The second-order valence-corrected chi connectivity index (χ2v) is 9.59. The van der Waals surface area contributed by atoms with Crippen LogP contribution in [0.3, 0.4) is 0 Å². The van der Waals surface area contributed by atoms with Crippen molar-refractivity contribution >= 4 is 23.4 Å². The highest BCUT2D eigenvalue weighted by atomic mass is 16.2. The van der Waals surface area contributed by atoms with Crippen molar-refractivity contribution in [1.29, 1.82) is 0 Å². The number of hydrogen-bond acceptors (Lipinski definition) is 4. The minimum Gasteiger partial charge on any atom is -0.340 e. The number of nitrogens with one attached hydrogen (secondary N) is 2. The van der Waals surface area contributed by atoms with E-state index in [1.807, 2.05) is 67.3 Å². The molecular weight excluding hydrogens is 476 g/mol. The quantitative estimate of drug-likeness (QED) is 0.399. The molecule has 0 aliphatic carbocycles. The first-order valence-corrected chi connectivity index (χ1v) is 13.1. The number of benzene rings is 2. The molecule has 7 nitrogen and oxygen atoms in total. The van der Waals surface area contributed by atoms with Crippen molar-refractivity contribution in [3.05, 3.63) is 108 Å². The monoisotopic (exact) mass is 510 g/mol. The SMILES string of the molecule is CC[C@H](C)C(=O)Nc1cccc(C(=O)N[C@@H](Cc2ccccc2)C(=O)N2CC=CCC2c2cccnc2)c1. The number of carbonyl (C=O) groups is 3. The lowest BCUT2D eigenvalue weighted by atomic mass is 9.97. The van der Waals surface area contributed by atoms with E-state index in [-0.39, 0.29) is 29.7 Å². The van der Waals surface area contributed by atoms with E-state index in [2.05, 4.69) is 21.7 Å². The van der Waals surface area contributed by atoms with Crippen LogP contribution in [-0.2, 0) is 16.0 Å². The van der Waals surface area contributed by atoms with Crippen molar-refractivity contribution in [2.45, 2.75) is 45.2 Å². The Kier molecular flexibility index (Phi) is 9.03. The molecule has 3 atom stereocenters. The number of nitrogens with zero attached hydrogens (tertiary/aromatic N) is 2. The van der Waals surface area contributed by atoms with Gasteiger partial charge in [0.2, 0.25) is 11.8 Å². The van der Waals surface area contributed by atoms with Gasteiger partial charge in [-0.1, -0.05) is 68.5 Å². The van der Waals surface area contributed by atoms with Crippen molar-refractivity contribution in [2.24, 2.45) is 5.92 Å². The maximum absolute atomic E-state index is 14.0. The third-order valence-corrected chi connectivity index (χ3v) is 6.89. The van der Waals surface area contributed by atoms with E-state index in [1.165, 1.54) is 0 Å². The number of hydrogen-bond donors (Lipinski definition) is 2. The zero-order valence-corrected chi connectivity index (χ0v) is 21.8. The van der Waals surface area contributed by atoms with E-state index in [0.29, 0.717) is 30.6 Å². The van der Waals surface area contributed by atoms with Gasteiger partial charge in [-0.25, -0.2) is 0 Å². The molecule has 2 heterocycles. The minimum absolute atomic E-state index is 0.0956. The fourth-order valence-electron chi connectivity index (χ4n) is 4.48. The Labute approximate surface area is 224 Å². The van der Waals surface area contributed by atoms with E-state index in [4.69, 9.17) is 0 Å². The molecular formula is C31H34N4O3. The Bertz CT molecular complexity index is 1280. The zero-order valence-electron chi connectivity index (χ0n) is 21.8. The first-order chi connectivity index (χ1) is 18.5. The molecule has 4 rings (SSSR count). The van der Waals surface area contributed by atoms with E-state index >= 15 is 0 Å². The molecule has 196 valence electrons. The first-order valence-electron chi connectivity index (χ1n) is 13.1. The number of rotatable bonds is 9.